The fraction of sp³-hybridized carbons (Fsp3) is 0.400. The molecule has 1 fully saturated rings. The Bertz CT molecular complexity index is 974. The number of hydrogen-bond acceptors (Lipinski definition) is 5. The highest BCUT2D eigenvalue weighted by atomic mass is 32.1. The Morgan fingerprint density at radius 3 is 2.45 bits per heavy atom. The van der Waals surface area contributed by atoms with Crippen molar-refractivity contribution < 1.29 is 9.53 Å². The van der Waals surface area contributed by atoms with Crippen LogP contribution in [0.25, 0.3) is 0 Å². The van der Waals surface area contributed by atoms with Crippen LogP contribution >= 0.6 is 11.3 Å². The predicted octanol–water partition coefficient (Wildman–Crippen LogP) is 4.09. The van der Waals surface area contributed by atoms with Gasteiger partial charge < -0.3 is 9.30 Å². The zero-order valence-corrected chi connectivity index (χ0v) is 19.2. The molecule has 3 aromatic rings. The summed E-state index contributed by atoms with van der Waals surface area (Å²) >= 11 is 1.76. The minimum Gasteiger partial charge on any atom is -0.492 e. The lowest BCUT2D eigenvalue weighted by Gasteiger charge is -2.34. The molecule has 0 unspecified atom stereocenters. The summed E-state index contributed by atoms with van der Waals surface area (Å²) in [5.41, 5.74) is 3.10. The van der Waals surface area contributed by atoms with Gasteiger partial charge in [0.05, 0.1) is 13.1 Å². The first-order valence-corrected chi connectivity index (χ1v) is 11.8. The molecule has 0 bridgehead atoms. The van der Waals surface area contributed by atoms with E-state index in [1.54, 1.807) is 11.3 Å². The molecule has 0 radical (unpaired) electrons. The van der Waals surface area contributed by atoms with Crippen molar-refractivity contribution in [3.63, 3.8) is 0 Å². The standard InChI is InChI=1S/C25H31N3O2S/c1-20-17-24(21(2)28(20)18-23-9-6-16-31-23)25(29)19-27-12-10-26(11-13-27)14-15-30-22-7-4-3-5-8-22/h3-9,16-17H,10-15,18-19H2,1-2H3. The van der Waals surface area contributed by atoms with Crippen molar-refractivity contribution in [3.05, 3.63) is 75.7 Å². The number of aromatic nitrogens is 1. The van der Waals surface area contributed by atoms with E-state index < -0.39 is 0 Å². The molecule has 31 heavy (non-hydrogen) atoms. The molecule has 1 aliphatic heterocycles. The van der Waals surface area contributed by atoms with Crippen LogP contribution < -0.4 is 4.74 Å². The van der Waals surface area contributed by atoms with Gasteiger partial charge in [0.25, 0.3) is 0 Å². The average Bonchev–Trinajstić information content (AvgIpc) is 3.39. The van der Waals surface area contributed by atoms with Crippen LogP contribution in [0.4, 0.5) is 0 Å². The van der Waals surface area contributed by atoms with Crippen molar-refractivity contribution in [2.75, 3.05) is 45.9 Å². The Balaban J connectivity index is 1.24. The predicted molar refractivity (Wildman–Crippen MR) is 126 cm³/mol. The SMILES string of the molecule is Cc1cc(C(=O)CN2CCN(CCOc3ccccc3)CC2)c(C)n1Cc1cccs1. The number of thiophene rings is 1. The number of Topliss-reactive ketones (excluding diaryl/α,β-unsaturated/α-hetero) is 1. The molecule has 164 valence electrons. The summed E-state index contributed by atoms with van der Waals surface area (Å²) in [7, 11) is 0. The number of para-hydroxylation sites is 1. The lowest BCUT2D eigenvalue weighted by Crippen LogP contribution is -2.48. The first kappa shape index (κ1) is 21.8. The van der Waals surface area contributed by atoms with E-state index in [4.69, 9.17) is 4.74 Å². The normalized spacial score (nSPS) is 15.3. The van der Waals surface area contributed by atoms with Crippen molar-refractivity contribution in [2.24, 2.45) is 0 Å². The van der Waals surface area contributed by atoms with E-state index in [0.29, 0.717) is 13.2 Å². The van der Waals surface area contributed by atoms with Crippen LogP contribution in [-0.2, 0) is 6.54 Å². The van der Waals surface area contributed by atoms with Crippen LogP contribution in [0, 0.1) is 13.8 Å². The number of benzene rings is 1. The molecule has 0 N–H and O–H groups in total. The fourth-order valence-electron chi connectivity index (χ4n) is 4.15. The molecule has 0 atom stereocenters. The van der Waals surface area contributed by atoms with Crippen molar-refractivity contribution in [1.82, 2.24) is 14.4 Å². The van der Waals surface area contributed by atoms with Gasteiger partial charge in [-0.1, -0.05) is 24.3 Å². The zero-order valence-electron chi connectivity index (χ0n) is 18.4. The summed E-state index contributed by atoms with van der Waals surface area (Å²) in [6, 6.07) is 16.2. The Hall–Kier alpha value is -2.41. The van der Waals surface area contributed by atoms with Crippen LogP contribution in [0.1, 0.15) is 26.6 Å². The van der Waals surface area contributed by atoms with Crippen LogP contribution in [0.2, 0.25) is 0 Å². The molecule has 0 spiro atoms. The molecule has 6 heteroatoms. The van der Waals surface area contributed by atoms with Gasteiger partial charge in [0.1, 0.15) is 12.4 Å². The maximum absolute atomic E-state index is 13.0. The van der Waals surface area contributed by atoms with Gasteiger partial charge in [0.15, 0.2) is 5.78 Å². The summed E-state index contributed by atoms with van der Waals surface area (Å²) in [6.07, 6.45) is 0. The molecule has 0 saturated carbocycles. The Kier molecular flexibility index (Phi) is 7.22. The van der Waals surface area contributed by atoms with E-state index in [-0.39, 0.29) is 5.78 Å². The van der Waals surface area contributed by atoms with Crippen molar-refractivity contribution in [1.29, 1.82) is 0 Å². The number of carbonyl (C=O) groups is 1. The number of aryl methyl sites for hydroxylation is 1. The van der Waals surface area contributed by atoms with Gasteiger partial charge in [0.2, 0.25) is 0 Å². The minimum absolute atomic E-state index is 0.228. The average molecular weight is 438 g/mol. The van der Waals surface area contributed by atoms with Crippen molar-refractivity contribution >= 4 is 17.1 Å². The smallest absolute Gasteiger partial charge is 0.178 e. The molecule has 0 amide bonds. The molecular weight excluding hydrogens is 406 g/mol. The van der Waals surface area contributed by atoms with Gasteiger partial charge in [-0.2, -0.15) is 0 Å². The lowest BCUT2D eigenvalue weighted by molar-refractivity contribution is 0.0830. The van der Waals surface area contributed by atoms with E-state index >= 15 is 0 Å². The number of carbonyl (C=O) groups excluding carboxylic acids is 1. The summed E-state index contributed by atoms with van der Waals surface area (Å²) in [6.45, 7) is 10.9. The summed E-state index contributed by atoms with van der Waals surface area (Å²) in [4.78, 5) is 19.0. The molecule has 2 aromatic heterocycles. The maximum Gasteiger partial charge on any atom is 0.178 e. The second-order valence-electron chi connectivity index (χ2n) is 8.15. The monoisotopic (exact) mass is 437 g/mol. The molecule has 1 aromatic carbocycles. The zero-order chi connectivity index (χ0) is 21.6. The summed E-state index contributed by atoms with van der Waals surface area (Å²) in [5, 5.41) is 2.10. The topological polar surface area (TPSA) is 37.7 Å². The highest BCUT2D eigenvalue weighted by molar-refractivity contribution is 7.09. The Morgan fingerprint density at radius 2 is 1.74 bits per heavy atom. The van der Waals surface area contributed by atoms with E-state index in [0.717, 1.165) is 62.0 Å². The number of ether oxygens (including phenoxy) is 1. The fourth-order valence-corrected chi connectivity index (χ4v) is 4.85. The highest BCUT2D eigenvalue weighted by Gasteiger charge is 2.22. The van der Waals surface area contributed by atoms with Gasteiger partial charge >= 0.3 is 0 Å². The van der Waals surface area contributed by atoms with E-state index in [1.807, 2.05) is 30.3 Å². The molecule has 3 heterocycles. The quantitative estimate of drug-likeness (QED) is 0.473. The van der Waals surface area contributed by atoms with Crippen LogP contribution in [0.15, 0.2) is 53.9 Å². The van der Waals surface area contributed by atoms with Crippen molar-refractivity contribution in [2.45, 2.75) is 20.4 Å². The number of rotatable bonds is 9. The lowest BCUT2D eigenvalue weighted by atomic mass is 10.1. The summed E-state index contributed by atoms with van der Waals surface area (Å²) in [5.74, 6) is 1.15. The first-order valence-electron chi connectivity index (χ1n) is 10.9. The molecule has 1 aliphatic rings. The van der Waals surface area contributed by atoms with Gasteiger partial charge in [-0.05, 0) is 43.5 Å². The largest absolute Gasteiger partial charge is 0.492 e. The third kappa shape index (κ3) is 5.64. The van der Waals surface area contributed by atoms with Crippen LogP contribution in [0.5, 0.6) is 5.75 Å². The van der Waals surface area contributed by atoms with Crippen LogP contribution in [0.3, 0.4) is 0 Å². The molecule has 0 aliphatic carbocycles. The van der Waals surface area contributed by atoms with Gasteiger partial charge in [-0.25, -0.2) is 0 Å². The third-order valence-electron chi connectivity index (χ3n) is 6.02. The van der Waals surface area contributed by atoms with Gasteiger partial charge in [-0.3, -0.25) is 14.6 Å². The van der Waals surface area contributed by atoms with E-state index in [9.17, 15) is 4.79 Å². The minimum atomic E-state index is 0.228. The number of ketones is 1. The second-order valence-corrected chi connectivity index (χ2v) is 9.19. The number of hydrogen-bond donors (Lipinski definition) is 0. The molecular formula is C25H31N3O2S. The Labute approximate surface area is 188 Å². The first-order chi connectivity index (χ1) is 15.1. The highest BCUT2D eigenvalue weighted by Crippen LogP contribution is 2.20. The number of piperazine rings is 1. The van der Waals surface area contributed by atoms with E-state index in [2.05, 4.69) is 51.8 Å². The van der Waals surface area contributed by atoms with Gasteiger partial charge in [0, 0.05) is 54.6 Å². The van der Waals surface area contributed by atoms with Crippen LogP contribution in [-0.4, -0.2) is 66.0 Å². The van der Waals surface area contributed by atoms with E-state index in [1.165, 1.54) is 4.88 Å². The summed E-state index contributed by atoms with van der Waals surface area (Å²) < 4.78 is 8.06. The molecule has 4 rings (SSSR count). The Morgan fingerprint density at radius 1 is 1.00 bits per heavy atom. The molecule has 5 nitrogen and oxygen atoms in total. The maximum atomic E-state index is 13.0. The van der Waals surface area contributed by atoms with Crippen molar-refractivity contribution in [3.8, 4) is 5.75 Å². The second kappa shape index (κ2) is 10.3. The molecule has 1 saturated heterocycles. The third-order valence-corrected chi connectivity index (χ3v) is 6.88. The van der Waals surface area contributed by atoms with Gasteiger partial charge in [-0.15, -0.1) is 11.3 Å². The number of nitrogens with zero attached hydrogens (tertiary/aromatic N) is 3.